The first kappa shape index (κ1) is 15.7. The fourth-order valence-corrected chi connectivity index (χ4v) is 2.30. The highest BCUT2D eigenvalue weighted by Gasteiger charge is 2.17. The first-order chi connectivity index (χ1) is 9.83. The Bertz CT molecular complexity index is 566. The van der Waals surface area contributed by atoms with E-state index in [1.54, 1.807) is 0 Å². The summed E-state index contributed by atoms with van der Waals surface area (Å²) < 4.78 is 14.9. The normalized spacial score (nSPS) is 13.4. The van der Waals surface area contributed by atoms with Gasteiger partial charge in [0.15, 0.2) is 0 Å². The molecule has 1 atom stereocenters. The fraction of sp³-hybridized carbons (Fsp3) is 0.471. The van der Waals surface area contributed by atoms with Crippen molar-refractivity contribution >= 4 is 0 Å². The standard InChI is InChI=1S/C17H24FN3/c1-17(2,3)19-12-14(11-16-9-10-21(4)20-16)13-5-7-15(18)8-6-13/h5-10,14,19H,11-12H2,1-4H3. The molecular weight excluding hydrogens is 265 g/mol. The molecule has 0 spiro atoms. The van der Waals surface area contributed by atoms with Crippen molar-refractivity contribution in [2.75, 3.05) is 6.54 Å². The van der Waals surface area contributed by atoms with Crippen LogP contribution in [0.15, 0.2) is 36.5 Å². The highest BCUT2D eigenvalue weighted by molar-refractivity contribution is 5.23. The van der Waals surface area contributed by atoms with Gasteiger partial charge in [0, 0.05) is 31.2 Å². The molecule has 2 rings (SSSR count). The minimum Gasteiger partial charge on any atom is -0.311 e. The van der Waals surface area contributed by atoms with Crippen LogP contribution in [0.3, 0.4) is 0 Å². The lowest BCUT2D eigenvalue weighted by atomic mass is 9.93. The third-order valence-electron chi connectivity index (χ3n) is 3.44. The summed E-state index contributed by atoms with van der Waals surface area (Å²) in [5.74, 6) is 0.0823. The van der Waals surface area contributed by atoms with Crippen LogP contribution in [0.5, 0.6) is 0 Å². The number of nitrogens with one attached hydrogen (secondary N) is 1. The first-order valence-electron chi connectivity index (χ1n) is 7.32. The monoisotopic (exact) mass is 289 g/mol. The lowest BCUT2D eigenvalue weighted by molar-refractivity contribution is 0.403. The van der Waals surface area contributed by atoms with Gasteiger partial charge in [0.1, 0.15) is 5.82 Å². The molecule has 0 aliphatic rings. The van der Waals surface area contributed by atoms with E-state index in [2.05, 4.69) is 31.2 Å². The molecule has 114 valence electrons. The molecule has 0 saturated heterocycles. The zero-order valence-electron chi connectivity index (χ0n) is 13.2. The summed E-state index contributed by atoms with van der Waals surface area (Å²) in [5.41, 5.74) is 2.25. The molecule has 1 aromatic carbocycles. The largest absolute Gasteiger partial charge is 0.311 e. The molecule has 0 aliphatic carbocycles. The minimum atomic E-state index is -0.195. The third-order valence-corrected chi connectivity index (χ3v) is 3.44. The average molecular weight is 289 g/mol. The average Bonchev–Trinajstić information content (AvgIpc) is 2.80. The van der Waals surface area contributed by atoms with Crippen LogP contribution in [-0.2, 0) is 13.5 Å². The van der Waals surface area contributed by atoms with Gasteiger partial charge < -0.3 is 5.32 Å². The zero-order valence-corrected chi connectivity index (χ0v) is 13.2. The zero-order chi connectivity index (χ0) is 15.5. The molecule has 1 N–H and O–H groups in total. The molecule has 3 nitrogen and oxygen atoms in total. The van der Waals surface area contributed by atoms with E-state index in [4.69, 9.17) is 0 Å². The molecular formula is C17H24FN3. The number of hydrogen-bond acceptors (Lipinski definition) is 2. The maximum atomic E-state index is 13.1. The van der Waals surface area contributed by atoms with Gasteiger partial charge in [-0.1, -0.05) is 12.1 Å². The van der Waals surface area contributed by atoms with Crippen molar-refractivity contribution in [1.82, 2.24) is 15.1 Å². The van der Waals surface area contributed by atoms with Crippen LogP contribution < -0.4 is 5.32 Å². The highest BCUT2D eigenvalue weighted by Crippen LogP contribution is 2.21. The maximum Gasteiger partial charge on any atom is 0.123 e. The van der Waals surface area contributed by atoms with Gasteiger partial charge in [0.2, 0.25) is 0 Å². The molecule has 0 fully saturated rings. The summed E-state index contributed by atoms with van der Waals surface area (Å²) >= 11 is 0. The van der Waals surface area contributed by atoms with E-state index < -0.39 is 0 Å². The number of hydrogen-bond donors (Lipinski definition) is 1. The smallest absolute Gasteiger partial charge is 0.123 e. The Morgan fingerprint density at radius 2 is 1.86 bits per heavy atom. The number of halogens is 1. The first-order valence-corrected chi connectivity index (χ1v) is 7.32. The van der Waals surface area contributed by atoms with E-state index in [0.717, 1.165) is 24.2 Å². The summed E-state index contributed by atoms with van der Waals surface area (Å²) in [6.07, 6.45) is 2.80. The summed E-state index contributed by atoms with van der Waals surface area (Å²) in [4.78, 5) is 0. The fourth-order valence-electron chi connectivity index (χ4n) is 2.30. The Kier molecular flexibility index (Phi) is 4.78. The van der Waals surface area contributed by atoms with Crippen LogP contribution in [0.2, 0.25) is 0 Å². The molecule has 0 saturated carbocycles. The summed E-state index contributed by atoms with van der Waals surface area (Å²) in [7, 11) is 1.92. The molecule has 1 unspecified atom stereocenters. The molecule has 2 aromatic rings. The molecule has 0 aliphatic heterocycles. The lowest BCUT2D eigenvalue weighted by Gasteiger charge is -2.25. The van der Waals surface area contributed by atoms with Gasteiger partial charge >= 0.3 is 0 Å². The summed E-state index contributed by atoms with van der Waals surface area (Å²) in [5, 5.41) is 7.99. The maximum absolute atomic E-state index is 13.1. The Hall–Kier alpha value is -1.68. The van der Waals surface area contributed by atoms with Crippen molar-refractivity contribution in [3.63, 3.8) is 0 Å². The Balaban J connectivity index is 2.15. The predicted molar refractivity (Wildman–Crippen MR) is 83.8 cm³/mol. The van der Waals surface area contributed by atoms with Gasteiger partial charge in [-0.05, 0) is 51.0 Å². The van der Waals surface area contributed by atoms with Crippen molar-refractivity contribution in [2.45, 2.75) is 38.6 Å². The third kappa shape index (κ3) is 4.97. The quantitative estimate of drug-likeness (QED) is 0.915. The second kappa shape index (κ2) is 6.39. The van der Waals surface area contributed by atoms with Crippen molar-refractivity contribution in [2.24, 2.45) is 7.05 Å². The second-order valence-electron chi connectivity index (χ2n) is 6.56. The van der Waals surface area contributed by atoms with Gasteiger partial charge in [-0.15, -0.1) is 0 Å². The van der Waals surface area contributed by atoms with Crippen LogP contribution in [-0.4, -0.2) is 21.9 Å². The van der Waals surface area contributed by atoms with E-state index in [9.17, 15) is 4.39 Å². The van der Waals surface area contributed by atoms with Gasteiger partial charge in [0.05, 0.1) is 5.69 Å². The minimum absolute atomic E-state index is 0.0579. The van der Waals surface area contributed by atoms with Crippen molar-refractivity contribution in [1.29, 1.82) is 0 Å². The van der Waals surface area contributed by atoms with Crippen LogP contribution in [0.4, 0.5) is 4.39 Å². The highest BCUT2D eigenvalue weighted by atomic mass is 19.1. The van der Waals surface area contributed by atoms with Gasteiger partial charge in [-0.25, -0.2) is 4.39 Å². The van der Waals surface area contributed by atoms with Crippen LogP contribution in [0, 0.1) is 5.82 Å². The Labute approximate surface area is 126 Å². The molecule has 1 aromatic heterocycles. The van der Waals surface area contributed by atoms with E-state index in [0.29, 0.717) is 0 Å². The molecule has 0 bridgehead atoms. The number of aromatic nitrogens is 2. The van der Waals surface area contributed by atoms with Crippen LogP contribution in [0.1, 0.15) is 37.9 Å². The van der Waals surface area contributed by atoms with Crippen LogP contribution >= 0.6 is 0 Å². The number of nitrogens with zero attached hydrogens (tertiary/aromatic N) is 2. The van der Waals surface area contributed by atoms with E-state index in [-0.39, 0.29) is 17.3 Å². The van der Waals surface area contributed by atoms with Crippen molar-refractivity contribution < 1.29 is 4.39 Å². The lowest BCUT2D eigenvalue weighted by Crippen LogP contribution is -2.39. The topological polar surface area (TPSA) is 29.9 Å². The van der Waals surface area contributed by atoms with Crippen molar-refractivity contribution in [3.8, 4) is 0 Å². The molecule has 0 radical (unpaired) electrons. The molecule has 1 heterocycles. The Morgan fingerprint density at radius 1 is 1.19 bits per heavy atom. The number of rotatable bonds is 5. The van der Waals surface area contributed by atoms with E-state index in [1.807, 2.05) is 36.1 Å². The summed E-state index contributed by atoms with van der Waals surface area (Å²) in [6.45, 7) is 7.28. The molecule has 0 amide bonds. The number of benzene rings is 1. The Morgan fingerprint density at radius 3 is 2.38 bits per heavy atom. The molecule has 4 heteroatoms. The predicted octanol–water partition coefficient (Wildman–Crippen LogP) is 3.27. The van der Waals surface area contributed by atoms with Crippen molar-refractivity contribution in [3.05, 3.63) is 53.6 Å². The summed E-state index contributed by atoms with van der Waals surface area (Å²) in [6, 6.07) is 8.82. The van der Waals surface area contributed by atoms with Crippen LogP contribution in [0.25, 0.3) is 0 Å². The van der Waals surface area contributed by atoms with Gasteiger partial charge in [-0.2, -0.15) is 5.10 Å². The van der Waals surface area contributed by atoms with E-state index in [1.165, 1.54) is 12.1 Å². The molecule has 21 heavy (non-hydrogen) atoms. The van der Waals surface area contributed by atoms with Gasteiger partial charge in [0.25, 0.3) is 0 Å². The van der Waals surface area contributed by atoms with E-state index >= 15 is 0 Å². The van der Waals surface area contributed by atoms with Gasteiger partial charge in [-0.3, -0.25) is 4.68 Å². The number of aryl methyl sites for hydroxylation is 1. The SMILES string of the molecule is Cn1ccc(CC(CNC(C)(C)C)c2ccc(F)cc2)n1. The second-order valence-corrected chi connectivity index (χ2v) is 6.56.